The number of nitrogens with zero attached hydrogens (tertiary/aromatic N) is 1. The molecular weight excluding hydrogens is 142 g/mol. The van der Waals surface area contributed by atoms with Crippen LogP contribution in [0.5, 0.6) is 0 Å². The highest BCUT2D eigenvalue weighted by Crippen LogP contribution is 2.07. The second-order valence-electron chi connectivity index (χ2n) is 2.68. The van der Waals surface area contributed by atoms with E-state index in [-0.39, 0.29) is 0 Å². The van der Waals surface area contributed by atoms with E-state index in [2.05, 4.69) is 10.4 Å². The first-order valence-electron chi connectivity index (χ1n) is 3.65. The Balaban J connectivity index is 4.36. The zero-order valence-electron chi connectivity index (χ0n) is 7.64. The van der Waals surface area contributed by atoms with Crippen molar-refractivity contribution in [2.45, 2.75) is 26.4 Å². The Kier molecular flexibility index (Phi) is 4.07. The summed E-state index contributed by atoms with van der Waals surface area (Å²) in [7, 11) is 1.63. The summed E-state index contributed by atoms with van der Waals surface area (Å²) in [5, 5.41) is 0. The third-order valence-electron chi connectivity index (χ3n) is 1.53. The van der Waals surface area contributed by atoms with E-state index in [0.717, 1.165) is 0 Å². The van der Waals surface area contributed by atoms with E-state index in [9.17, 15) is 0 Å². The fraction of sp³-hybridized carbons (Fsp3) is 0.857. The molecule has 0 rings (SSSR count). The van der Waals surface area contributed by atoms with Gasteiger partial charge in [0.1, 0.15) is 11.4 Å². The van der Waals surface area contributed by atoms with Crippen LogP contribution in [-0.2, 0) is 4.74 Å². The van der Waals surface area contributed by atoms with E-state index in [1.165, 1.54) is 0 Å². The van der Waals surface area contributed by atoms with Gasteiger partial charge in [0.2, 0.25) is 0 Å². The molecule has 0 amide bonds. The minimum atomic E-state index is -0.426. The maximum atomic E-state index is 5.26. The van der Waals surface area contributed by atoms with Gasteiger partial charge in [0.05, 0.1) is 0 Å². The molecule has 0 aliphatic rings. The van der Waals surface area contributed by atoms with Crippen LogP contribution in [-0.4, -0.2) is 25.1 Å². The Morgan fingerprint density at radius 2 is 2.18 bits per heavy atom. The standard InChI is InChI=1S/C7H17N3O/c1-5-9-6(10-8)7(2,3)11-4/h5,8H2,1-4H3,(H,9,10). The van der Waals surface area contributed by atoms with E-state index in [1.54, 1.807) is 7.11 Å². The molecular formula is C7H17N3O. The topological polar surface area (TPSA) is 59.6 Å². The molecule has 0 aromatic heterocycles. The lowest BCUT2D eigenvalue weighted by Gasteiger charge is -2.24. The minimum absolute atomic E-state index is 0.426. The summed E-state index contributed by atoms with van der Waals surface area (Å²) < 4.78 is 5.17. The van der Waals surface area contributed by atoms with E-state index in [4.69, 9.17) is 10.6 Å². The summed E-state index contributed by atoms with van der Waals surface area (Å²) in [6.45, 7) is 6.46. The number of nitrogens with two attached hydrogens (primary N) is 1. The second-order valence-corrected chi connectivity index (χ2v) is 2.68. The van der Waals surface area contributed by atoms with Gasteiger partial charge in [-0.1, -0.05) is 0 Å². The van der Waals surface area contributed by atoms with Crippen molar-refractivity contribution < 1.29 is 4.74 Å². The third kappa shape index (κ3) is 2.86. The van der Waals surface area contributed by atoms with Crippen LogP contribution in [0, 0.1) is 0 Å². The first-order chi connectivity index (χ1) is 5.08. The van der Waals surface area contributed by atoms with Crippen molar-refractivity contribution in [2.24, 2.45) is 10.8 Å². The number of hydrazine groups is 1. The van der Waals surface area contributed by atoms with Crippen LogP contribution in [0.15, 0.2) is 4.99 Å². The summed E-state index contributed by atoms with van der Waals surface area (Å²) in [4.78, 5) is 4.14. The monoisotopic (exact) mass is 159 g/mol. The molecule has 0 radical (unpaired) electrons. The molecule has 4 nitrogen and oxygen atoms in total. The maximum Gasteiger partial charge on any atom is 0.143 e. The van der Waals surface area contributed by atoms with Gasteiger partial charge < -0.3 is 10.2 Å². The lowest BCUT2D eigenvalue weighted by Crippen LogP contribution is -2.47. The Morgan fingerprint density at radius 1 is 1.64 bits per heavy atom. The number of hydrogen-bond donors (Lipinski definition) is 2. The van der Waals surface area contributed by atoms with Crippen molar-refractivity contribution in [1.29, 1.82) is 0 Å². The minimum Gasteiger partial charge on any atom is -0.371 e. The molecule has 0 heterocycles. The number of ether oxygens (including phenoxy) is 1. The largest absolute Gasteiger partial charge is 0.371 e. The van der Waals surface area contributed by atoms with Gasteiger partial charge in [-0.2, -0.15) is 0 Å². The van der Waals surface area contributed by atoms with E-state index < -0.39 is 5.60 Å². The van der Waals surface area contributed by atoms with Gasteiger partial charge in [0.25, 0.3) is 0 Å². The highest BCUT2D eigenvalue weighted by Gasteiger charge is 2.22. The van der Waals surface area contributed by atoms with Crippen LogP contribution < -0.4 is 11.3 Å². The predicted molar refractivity (Wildman–Crippen MR) is 46.4 cm³/mol. The third-order valence-corrected chi connectivity index (χ3v) is 1.53. The Morgan fingerprint density at radius 3 is 2.45 bits per heavy atom. The first kappa shape index (κ1) is 10.4. The van der Waals surface area contributed by atoms with Crippen molar-refractivity contribution in [1.82, 2.24) is 5.43 Å². The molecule has 0 aromatic carbocycles. The molecule has 0 saturated heterocycles. The lowest BCUT2D eigenvalue weighted by molar-refractivity contribution is 0.0795. The number of methoxy groups -OCH3 is 1. The van der Waals surface area contributed by atoms with E-state index >= 15 is 0 Å². The quantitative estimate of drug-likeness (QED) is 0.269. The van der Waals surface area contributed by atoms with Crippen LogP contribution >= 0.6 is 0 Å². The van der Waals surface area contributed by atoms with Gasteiger partial charge in [0.15, 0.2) is 0 Å². The van der Waals surface area contributed by atoms with Crippen LogP contribution in [0.4, 0.5) is 0 Å². The van der Waals surface area contributed by atoms with Crippen LogP contribution in [0.2, 0.25) is 0 Å². The Bertz CT molecular complexity index is 143. The summed E-state index contributed by atoms with van der Waals surface area (Å²) in [6, 6.07) is 0. The highest BCUT2D eigenvalue weighted by atomic mass is 16.5. The predicted octanol–water partition coefficient (Wildman–Crippen LogP) is 0.293. The number of aliphatic imine (C=N–C) groups is 1. The zero-order chi connectivity index (χ0) is 8.91. The van der Waals surface area contributed by atoms with Crippen molar-refractivity contribution in [3.8, 4) is 0 Å². The smallest absolute Gasteiger partial charge is 0.143 e. The normalized spacial score (nSPS) is 13.4. The van der Waals surface area contributed by atoms with E-state index in [1.807, 2.05) is 20.8 Å². The highest BCUT2D eigenvalue weighted by molar-refractivity contribution is 5.89. The molecule has 0 unspecified atom stereocenters. The zero-order valence-corrected chi connectivity index (χ0v) is 7.64. The van der Waals surface area contributed by atoms with Gasteiger partial charge in [-0.15, -0.1) is 0 Å². The number of nitrogens with one attached hydrogen (secondary N) is 1. The molecule has 0 spiro atoms. The summed E-state index contributed by atoms with van der Waals surface area (Å²) in [5.74, 6) is 5.93. The molecule has 3 N–H and O–H groups in total. The first-order valence-corrected chi connectivity index (χ1v) is 3.65. The fourth-order valence-corrected chi connectivity index (χ4v) is 0.665. The Labute approximate surface area is 67.8 Å². The SMILES string of the molecule is CCN=C(NN)C(C)(C)OC. The molecule has 4 heteroatoms. The molecule has 0 fully saturated rings. The molecule has 0 saturated carbocycles. The summed E-state index contributed by atoms with van der Waals surface area (Å²) in [6.07, 6.45) is 0. The molecule has 66 valence electrons. The van der Waals surface area contributed by atoms with Crippen molar-refractivity contribution in [3.05, 3.63) is 0 Å². The van der Waals surface area contributed by atoms with Crippen molar-refractivity contribution in [2.75, 3.05) is 13.7 Å². The average Bonchev–Trinajstić information content (AvgIpc) is 2.00. The van der Waals surface area contributed by atoms with Crippen LogP contribution in [0.1, 0.15) is 20.8 Å². The summed E-state index contributed by atoms with van der Waals surface area (Å²) in [5.41, 5.74) is 2.09. The van der Waals surface area contributed by atoms with Crippen molar-refractivity contribution >= 4 is 5.84 Å². The van der Waals surface area contributed by atoms with Crippen LogP contribution in [0.3, 0.4) is 0 Å². The van der Waals surface area contributed by atoms with Gasteiger partial charge in [-0.3, -0.25) is 4.99 Å². The van der Waals surface area contributed by atoms with Crippen LogP contribution in [0.25, 0.3) is 0 Å². The van der Waals surface area contributed by atoms with Crippen molar-refractivity contribution in [3.63, 3.8) is 0 Å². The van der Waals surface area contributed by atoms with Gasteiger partial charge >= 0.3 is 0 Å². The molecule has 0 aliphatic heterocycles. The summed E-state index contributed by atoms with van der Waals surface area (Å²) >= 11 is 0. The Hall–Kier alpha value is -0.610. The number of hydrogen-bond acceptors (Lipinski definition) is 3. The second kappa shape index (κ2) is 4.31. The average molecular weight is 159 g/mol. The van der Waals surface area contributed by atoms with E-state index in [0.29, 0.717) is 12.4 Å². The molecule has 0 bridgehead atoms. The molecule has 11 heavy (non-hydrogen) atoms. The van der Waals surface area contributed by atoms with Gasteiger partial charge in [0, 0.05) is 13.7 Å². The van der Waals surface area contributed by atoms with Gasteiger partial charge in [-0.25, -0.2) is 5.84 Å². The lowest BCUT2D eigenvalue weighted by atomic mass is 10.1. The molecule has 0 atom stereocenters. The molecule has 0 aliphatic carbocycles. The maximum absolute atomic E-state index is 5.26. The fourth-order valence-electron chi connectivity index (χ4n) is 0.665. The number of rotatable bonds is 3. The van der Waals surface area contributed by atoms with Gasteiger partial charge in [-0.05, 0) is 20.8 Å². The molecule has 0 aromatic rings. The number of amidine groups is 1.